The number of carbonyl (C=O) groups is 1. The van der Waals surface area contributed by atoms with E-state index < -0.39 is 6.16 Å². The van der Waals surface area contributed by atoms with Crippen LogP contribution in [0.25, 0.3) is 0 Å². The molecule has 88 valence electrons. The van der Waals surface area contributed by atoms with Crippen molar-refractivity contribution in [3.8, 4) is 11.8 Å². The Bertz CT molecular complexity index is 471. The van der Waals surface area contributed by atoms with Crippen LogP contribution in [0.15, 0.2) is 24.8 Å². The number of benzene rings is 1. The molecule has 1 rings (SSSR count). The Hall–Kier alpha value is -0.820. The first kappa shape index (κ1) is 14.2. The molecule has 0 aliphatic carbocycles. The van der Waals surface area contributed by atoms with E-state index in [2.05, 4.69) is 6.58 Å². The molecular weight excluding hydrogens is 448 g/mol. The third kappa shape index (κ3) is 4.16. The molecule has 0 heterocycles. The van der Waals surface area contributed by atoms with Gasteiger partial charge in [-0.3, -0.25) is 0 Å². The summed E-state index contributed by atoms with van der Waals surface area (Å²) < 4.78 is 11.1. The molecular formula is C11H7I2NO3. The van der Waals surface area contributed by atoms with E-state index in [1.54, 1.807) is 12.1 Å². The Balaban J connectivity index is 2.89. The van der Waals surface area contributed by atoms with Crippen molar-refractivity contribution in [3.05, 3.63) is 37.5 Å². The number of nitrogens with zero attached hydrogens (tertiary/aromatic N) is 1. The van der Waals surface area contributed by atoms with E-state index in [9.17, 15) is 4.79 Å². The minimum absolute atomic E-state index is 0.0995. The minimum atomic E-state index is -0.787. The molecule has 0 fully saturated rings. The molecule has 0 aliphatic rings. The summed E-state index contributed by atoms with van der Waals surface area (Å²) in [5, 5.41) is 8.78. The van der Waals surface area contributed by atoms with Gasteiger partial charge in [-0.05, 0) is 57.3 Å². The van der Waals surface area contributed by atoms with Crippen LogP contribution in [0, 0.1) is 18.5 Å². The molecule has 0 N–H and O–H groups in total. The van der Waals surface area contributed by atoms with Gasteiger partial charge in [0.15, 0.2) is 5.75 Å². The third-order valence-electron chi connectivity index (χ3n) is 1.63. The molecule has 0 atom stereocenters. The smallest absolute Gasteiger partial charge is 0.430 e. The van der Waals surface area contributed by atoms with Crippen LogP contribution in [0.4, 0.5) is 4.79 Å². The molecule has 17 heavy (non-hydrogen) atoms. The molecule has 0 unspecified atom stereocenters. The van der Waals surface area contributed by atoms with Crippen molar-refractivity contribution < 1.29 is 14.3 Å². The van der Waals surface area contributed by atoms with Gasteiger partial charge in [0.05, 0.1) is 18.8 Å². The molecule has 0 bridgehead atoms. The second-order valence-electron chi connectivity index (χ2n) is 2.83. The summed E-state index contributed by atoms with van der Waals surface area (Å²) in [7, 11) is 0. The Labute approximate surface area is 126 Å². The van der Waals surface area contributed by atoms with Crippen molar-refractivity contribution in [1.29, 1.82) is 5.26 Å². The van der Waals surface area contributed by atoms with Crippen LogP contribution in [0.1, 0.15) is 5.56 Å². The number of halogens is 2. The van der Waals surface area contributed by atoms with E-state index in [-0.39, 0.29) is 6.61 Å². The standard InChI is InChI=1S/C11H7I2NO3/c1-2-3-16-11(15)17-10-8(12)4-7(6-14)5-9(10)13/h2,4-5H,1,3H2. The fourth-order valence-corrected chi connectivity index (χ4v) is 2.95. The van der Waals surface area contributed by atoms with Crippen molar-refractivity contribution in [1.82, 2.24) is 0 Å². The van der Waals surface area contributed by atoms with E-state index in [1.807, 2.05) is 51.3 Å². The monoisotopic (exact) mass is 455 g/mol. The van der Waals surface area contributed by atoms with Gasteiger partial charge in [0, 0.05) is 0 Å². The highest BCUT2D eigenvalue weighted by molar-refractivity contribution is 14.1. The van der Waals surface area contributed by atoms with Crippen LogP contribution >= 0.6 is 45.2 Å². The third-order valence-corrected chi connectivity index (χ3v) is 3.23. The quantitative estimate of drug-likeness (QED) is 0.304. The lowest BCUT2D eigenvalue weighted by Crippen LogP contribution is -2.12. The van der Waals surface area contributed by atoms with Gasteiger partial charge in [-0.2, -0.15) is 5.26 Å². The SMILES string of the molecule is C=CCOC(=O)Oc1c(I)cc(C#N)cc1I. The summed E-state index contributed by atoms with van der Waals surface area (Å²) in [4.78, 5) is 11.3. The predicted molar refractivity (Wildman–Crippen MR) is 78.8 cm³/mol. The van der Waals surface area contributed by atoms with Gasteiger partial charge in [0.2, 0.25) is 0 Å². The molecule has 6 heteroatoms. The second-order valence-corrected chi connectivity index (χ2v) is 5.16. The van der Waals surface area contributed by atoms with Gasteiger partial charge in [0.25, 0.3) is 0 Å². The molecule has 0 aromatic heterocycles. The van der Waals surface area contributed by atoms with Crippen LogP contribution in [0.2, 0.25) is 0 Å². The highest BCUT2D eigenvalue weighted by Crippen LogP contribution is 2.29. The lowest BCUT2D eigenvalue weighted by Gasteiger charge is -2.08. The number of hydrogen-bond acceptors (Lipinski definition) is 4. The zero-order valence-corrected chi connectivity index (χ0v) is 12.9. The summed E-state index contributed by atoms with van der Waals surface area (Å²) in [5.74, 6) is 0.402. The summed E-state index contributed by atoms with van der Waals surface area (Å²) in [6.45, 7) is 3.53. The zero-order valence-electron chi connectivity index (χ0n) is 8.57. The maximum Gasteiger partial charge on any atom is 0.514 e. The van der Waals surface area contributed by atoms with E-state index in [4.69, 9.17) is 14.7 Å². The van der Waals surface area contributed by atoms with Gasteiger partial charge in [0.1, 0.15) is 6.61 Å². The van der Waals surface area contributed by atoms with Crippen LogP contribution in [-0.2, 0) is 4.74 Å². The highest BCUT2D eigenvalue weighted by Gasteiger charge is 2.13. The van der Waals surface area contributed by atoms with Crippen LogP contribution in [0.3, 0.4) is 0 Å². The van der Waals surface area contributed by atoms with Crippen LogP contribution < -0.4 is 4.74 Å². The van der Waals surface area contributed by atoms with Crippen molar-refractivity contribution >= 4 is 51.3 Å². The molecule has 0 amide bonds. The Kier molecular flexibility index (Phi) is 5.70. The van der Waals surface area contributed by atoms with E-state index >= 15 is 0 Å². The van der Waals surface area contributed by atoms with Crippen molar-refractivity contribution in [2.24, 2.45) is 0 Å². The van der Waals surface area contributed by atoms with Gasteiger partial charge in [-0.15, -0.1) is 0 Å². The first-order chi connectivity index (χ1) is 8.08. The molecule has 0 aliphatic heterocycles. The maximum absolute atomic E-state index is 11.3. The van der Waals surface area contributed by atoms with E-state index in [1.165, 1.54) is 6.08 Å². The van der Waals surface area contributed by atoms with E-state index in [0.29, 0.717) is 18.5 Å². The summed E-state index contributed by atoms with van der Waals surface area (Å²) in [6, 6.07) is 5.30. The molecule has 1 aromatic rings. The predicted octanol–water partition coefficient (Wildman–Crippen LogP) is 3.47. The largest absolute Gasteiger partial charge is 0.514 e. The van der Waals surface area contributed by atoms with Gasteiger partial charge in [-0.1, -0.05) is 12.7 Å². The minimum Gasteiger partial charge on any atom is -0.430 e. The second kappa shape index (κ2) is 6.80. The molecule has 0 spiro atoms. The Morgan fingerprint density at radius 2 is 2.06 bits per heavy atom. The van der Waals surface area contributed by atoms with Crippen LogP contribution in [-0.4, -0.2) is 12.8 Å². The fourth-order valence-electron chi connectivity index (χ4n) is 0.962. The highest BCUT2D eigenvalue weighted by atomic mass is 127. The van der Waals surface area contributed by atoms with Crippen molar-refractivity contribution in [2.45, 2.75) is 0 Å². The lowest BCUT2D eigenvalue weighted by atomic mass is 10.2. The Morgan fingerprint density at radius 1 is 1.47 bits per heavy atom. The number of rotatable bonds is 3. The first-order valence-electron chi connectivity index (χ1n) is 4.43. The van der Waals surface area contributed by atoms with E-state index in [0.717, 1.165) is 0 Å². The number of ether oxygens (including phenoxy) is 2. The average Bonchev–Trinajstić information content (AvgIpc) is 2.30. The van der Waals surface area contributed by atoms with Crippen molar-refractivity contribution in [3.63, 3.8) is 0 Å². The molecule has 4 nitrogen and oxygen atoms in total. The normalized spacial score (nSPS) is 9.24. The number of hydrogen-bond donors (Lipinski definition) is 0. The van der Waals surface area contributed by atoms with Gasteiger partial charge in [-0.25, -0.2) is 4.79 Å². The average molecular weight is 455 g/mol. The lowest BCUT2D eigenvalue weighted by molar-refractivity contribution is 0.109. The fraction of sp³-hybridized carbons (Fsp3) is 0.0909. The first-order valence-corrected chi connectivity index (χ1v) is 6.59. The summed E-state index contributed by atoms with van der Waals surface area (Å²) in [6.07, 6.45) is 0.668. The topological polar surface area (TPSA) is 59.3 Å². The zero-order chi connectivity index (χ0) is 12.8. The maximum atomic E-state index is 11.3. The van der Waals surface area contributed by atoms with Crippen LogP contribution in [0.5, 0.6) is 5.75 Å². The molecule has 0 radical (unpaired) electrons. The molecule has 1 aromatic carbocycles. The van der Waals surface area contributed by atoms with Gasteiger partial charge >= 0.3 is 6.16 Å². The summed E-state index contributed by atoms with van der Waals surface area (Å²) >= 11 is 3.99. The molecule has 0 saturated heterocycles. The Morgan fingerprint density at radius 3 is 2.53 bits per heavy atom. The number of nitriles is 1. The summed E-state index contributed by atoms with van der Waals surface area (Å²) in [5.41, 5.74) is 0.519. The number of carbonyl (C=O) groups excluding carboxylic acids is 1. The van der Waals surface area contributed by atoms with Gasteiger partial charge < -0.3 is 9.47 Å². The van der Waals surface area contributed by atoms with Crippen molar-refractivity contribution in [2.75, 3.05) is 6.61 Å². The molecule has 0 saturated carbocycles.